The lowest BCUT2D eigenvalue weighted by molar-refractivity contribution is -0.400. The molecule has 0 aliphatic heterocycles. The highest BCUT2D eigenvalue weighted by Gasteiger charge is 2.08. The van der Waals surface area contributed by atoms with E-state index in [2.05, 4.69) is 0 Å². The lowest BCUT2D eigenvalue weighted by Gasteiger charge is -2.07. The third kappa shape index (κ3) is 5.03. The van der Waals surface area contributed by atoms with Crippen LogP contribution in [0.25, 0.3) is 6.08 Å². The van der Waals surface area contributed by atoms with E-state index in [0.29, 0.717) is 12.0 Å². The van der Waals surface area contributed by atoms with E-state index < -0.39 is 16.7 Å². The van der Waals surface area contributed by atoms with Gasteiger partial charge in [0.1, 0.15) is 5.82 Å². The molecule has 0 saturated carbocycles. The van der Waals surface area contributed by atoms with Crippen molar-refractivity contribution >= 4 is 12.0 Å². The van der Waals surface area contributed by atoms with Crippen LogP contribution in [0.2, 0.25) is 0 Å². The number of rotatable bonds is 6. The predicted molar refractivity (Wildman–Crippen MR) is 82.9 cm³/mol. The van der Waals surface area contributed by atoms with Crippen LogP contribution in [0.3, 0.4) is 0 Å². The minimum Gasteiger partial charge on any atom is -0.462 e. The summed E-state index contributed by atoms with van der Waals surface area (Å²) in [6.07, 6.45) is 2.69. The first-order valence-electron chi connectivity index (χ1n) is 6.88. The molecule has 0 spiro atoms. The number of nitrogens with zero attached hydrogens (tertiary/aromatic N) is 1. The van der Waals surface area contributed by atoms with Gasteiger partial charge < -0.3 is 4.74 Å². The van der Waals surface area contributed by atoms with E-state index in [1.807, 2.05) is 6.07 Å². The van der Waals surface area contributed by atoms with Crippen molar-refractivity contribution in [1.29, 1.82) is 0 Å². The van der Waals surface area contributed by atoms with E-state index in [1.165, 1.54) is 30.3 Å². The van der Waals surface area contributed by atoms with E-state index in [1.54, 1.807) is 18.2 Å². The van der Waals surface area contributed by atoms with Gasteiger partial charge in [-0.1, -0.05) is 24.3 Å². The molecule has 0 atom stereocenters. The number of carbonyl (C=O) groups is 1. The molecular weight excluding hydrogens is 301 g/mol. The van der Waals surface area contributed by atoms with Crippen LogP contribution in [0.15, 0.2) is 54.7 Å². The molecule has 0 heterocycles. The molecule has 5 nitrogen and oxygen atoms in total. The second-order valence-corrected chi connectivity index (χ2v) is 4.69. The SMILES string of the molecule is O=C(OCCc1ccccc1/C=C\[N+](=O)[O-])c1ccc(F)cc1. The van der Waals surface area contributed by atoms with Gasteiger partial charge in [0.2, 0.25) is 6.20 Å². The van der Waals surface area contributed by atoms with Gasteiger partial charge >= 0.3 is 5.97 Å². The number of hydrogen-bond acceptors (Lipinski definition) is 4. The maximum atomic E-state index is 12.8. The first-order valence-corrected chi connectivity index (χ1v) is 6.88. The minimum absolute atomic E-state index is 0.125. The van der Waals surface area contributed by atoms with Gasteiger partial charge in [-0.3, -0.25) is 10.1 Å². The highest BCUT2D eigenvalue weighted by Crippen LogP contribution is 2.12. The summed E-state index contributed by atoms with van der Waals surface area (Å²) in [5.74, 6) is -0.962. The lowest BCUT2D eigenvalue weighted by Crippen LogP contribution is -2.08. The molecular formula is C17H14FNO4. The minimum atomic E-state index is -0.539. The van der Waals surface area contributed by atoms with Gasteiger partial charge in [0.05, 0.1) is 17.1 Å². The highest BCUT2D eigenvalue weighted by atomic mass is 19.1. The Morgan fingerprint density at radius 1 is 1.17 bits per heavy atom. The Labute approximate surface area is 132 Å². The summed E-state index contributed by atoms with van der Waals surface area (Å²) in [5, 5.41) is 10.4. The monoisotopic (exact) mass is 315 g/mol. The second kappa shape index (κ2) is 7.84. The van der Waals surface area contributed by atoms with Crippen molar-refractivity contribution < 1.29 is 18.8 Å². The molecule has 0 saturated heterocycles. The van der Waals surface area contributed by atoms with E-state index in [-0.39, 0.29) is 12.2 Å². The zero-order valence-electron chi connectivity index (χ0n) is 12.1. The standard InChI is InChI=1S/C17H14FNO4/c18-16-7-5-15(6-8-16)17(20)23-12-10-14-4-2-1-3-13(14)9-11-19(21)22/h1-9,11H,10,12H2/b11-9-. The molecule has 0 aliphatic carbocycles. The van der Waals surface area contributed by atoms with Crippen molar-refractivity contribution in [1.82, 2.24) is 0 Å². The van der Waals surface area contributed by atoms with E-state index >= 15 is 0 Å². The number of ether oxygens (including phenoxy) is 1. The van der Waals surface area contributed by atoms with Crippen LogP contribution < -0.4 is 0 Å². The van der Waals surface area contributed by atoms with Crippen LogP contribution in [0.1, 0.15) is 21.5 Å². The number of nitro groups is 1. The Balaban J connectivity index is 1.95. The van der Waals surface area contributed by atoms with Crippen LogP contribution in [0.4, 0.5) is 4.39 Å². The fourth-order valence-corrected chi connectivity index (χ4v) is 1.99. The van der Waals surface area contributed by atoms with E-state index in [4.69, 9.17) is 4.74 Å². The molecule has 6 heteroatoms. The Kier molecular flexibility index (Phi) is 5.57. The number of carbonyl (C=O) groups excluding carboxylic acids is 1. The van der Waals surface area contributed by atoms with Gasteiger partial charge in [-0.15, -0.1) is 0 Å². The van der Waals surface area contributed by atoms with E-state index in [0.717, 1.165) is 11.8 Å². The van der Waals surface area contributed by atoms with Crippen molar-refractivity contribution in [2.75, 3.05) is 6.61 Å². The van der Waals surface area contributed by atoms with Crippen molar-refractivity contribution in [3.05, 3.63) is 87.4 Å². The topological polar surface area (TPSA) is 69.4 Å². The molecule has 0 aromatic heterocycles. The lowest BCUT2D eigenvalue weighted by atomic mass is 10.1. The number of halogens is 1. The van der Waals surface area contributed by atoms with Crippen molar-refractivity contribution in [2.45, 2.75) is 6.42 Å². The van der Waals surface area contributed by atoms with Gasteiger partial charge in [0.15, 0.2) is 0 Å². The fourth-order valence-electron chi connectivity index (χ4n) is 1.99. The van der Waals surface area contributed by atoms with Crippen LogP contribution in [-0.2, 0) is 11.2 Å². The molecule has 23 heavy (non-hydrogen) atoms. The third-order valence-corrected chi connectivity index (χ3v) is 3.12. The van der Waals surface area contributed by atoms with Gasteiger partial charge in [0.25, 0.3) is 0 Å². The highest BCUT2D eigenvalue weighted by molar-refractivity contribution is 5.89. The second-order valence-electron chi connectivity index (χ2n) is 4.69. The first-order chi connectivity index (χ1) is 11.1. The summed E-state index contributed by atoms with van der Waals surface area (Å²) in [5.41, 5.74) is 1.80. The molecule has 0 bridgehead atoms. The number of hydrogen-bond donors (Lipinski definition) is 0. The molecule has 2 aromatic carbocycles. The Hall–Kier alpha value is -3.02. The normalized spacial score (nSPS) is 10.7. The van der Waals surface area contributed by atoms with E-state index in [9.17, 15) is 19.3 Å². The van der Waals surface area contributed by atoms with Crippen LogP contribution >= 0.6 is 0 Å². The smallest absolute Gasteiger partial charge is 0.338 e. The van der Waals surface area contributed by atoms with Crippen LogP contribution in [-0.4, -0.2) is 17.5 Å². The zero-order chi connectivity index (χ0) is 16.7. The molecule has 2 rings (SSSR count). The summed E-state index contributed by atoms with van der Waals surface area (Å²) >= 11 is 0. The Morgan fingerprint density at radius 3 is 2.57 bits per heavy atom. The molecule has 118 valence electrons. The average molecular weight is 315 g/mol. The number of esters is 1. The van der Waals surface area contributed by atoms with Crippen LogP contribution in [0, 0.1) is 15.9 Å². The first kappa shape index (κ1) is 16.4. The van der Waals surface area contributed by atoms with Gasteiger partial charge in [-0.05, 0) is 35.4 Å². The fraction of sp³-hybridized carbons (Fsp3) is 0.118. The molecule has 0 radical (unpaired) electrons. The summed E-state index contributed by atoms with van der Waals surface area (Å²) in [6, 6.07) is 12.2. The maximum absolute atomic E-state index is 12.8. The zero-order valence-corrected chi connectivity index (χ0v) is 12.1. The maximum Gasteiger partial charge on any atom is 0.338 e. The number of benzene rings is 2. The summed E-state index contributed by atoms with van der Waals surface area (Å²) in [7, 11) is 0. The largest absolute Gasteiger partial charge is 0.462 e. The quantitative estimate of drug-likeness (QED) is 0.465. The molecule has 0 unspecified atom stereocenters. The molecule has 0 N–H and O–H groups in total. The molecule has 0 amide bonds. The summed E-state index contributed by atoms with van der Waals surface area (Å²) in [4.78, 5) is 21.7. The predicted octanol–water partition coefficient (Wildman–Crippen LogP) is 3.47. The van der Waals surface area contributed by atoms with Gasteiger partial charge in [-0.25, -0.2) is 9.18 Å². The van der Waals surface area contributed by atoms with Gasteiger partial charge in [0, 0.05) is 12.5 Å². The summed E-state index contributed by atoms with van der Waals surface area (Å²) < 4.78 is 17.9. The average Bonchev–Trinajstić information content (AvgIpc) is 2.54. The Bertz CT molecular complexity index is 726. The molecule has 0 aliphatic rings. The van der Waals surface area contributed by atoms with Crippen molar-refractivity contribution in [3.8, 4) is 0 Å². The van der Waals surface area contributed by atoms with Crippen LogP contribution in [0.5, 0.6) is 0 Å². The molecule has 0 fully saturated rings. The third-order valence-electron chi connectivity index (χ3n) is 3.12. The van der Waals surface area contributed by atoms with Gasteiger partial charge in [-0.2, -0.15) is 0 Å². The van der Waals surface area contributed by atoms with Crippen molar-refractivity contribution in [2.24, 2.45) is 0 Å². The molecule has 2 aromatic rings. The Morgan fingerprint density at radius 2 is 1.87 bits per heavy atom. The van der Waals surface area contributed by atoms with Crippen molar-refractivity contribution in [3.63, 3.8) is 0 Å². The summed E-state index contributed by atoms with van der Waals surface area (Å²) in [6.45, 7) is 0.125.